The van der Waals surface area contributed by atoms with Gasteiger partial charge in [-0.25, -0.2) is 0 Å². The maximum absolute atomic E-state index is 12.3. The quantitative estimate of drug-likeness (QED) is 0.877. The second kappa shape index (κ2) is 7.75. The summed E-state index contributed by atoms with van der Waals surface area (Å²) in [6, 6.07) is 7.35. The predicted octanol–water partition coefficient (Wildman–Crippen LogP) is 2.23. The average molecular weight is 303 g/mol. The van der Waals surface area contributed by atoms with Gasteiger partial charge in [0.05, 0.1) is 0 Å². The molecule has 4 heteroatoms. The van der Waals surface area contributed by atoms with E-state index in [0.29, 0.717) is 0 Å². The molecule has 1 fully saturated rings. The molecule has 4 nitrogen and oxygen atoms in total. The maximum Gasteiger partial charge on any atom is 0.241 e. The molecule has 3 unspecified atom stereocenters. The second-order valence-corrected chi connectivity index (χ2v) is 6.80. The number of amides is 1. The first-order valence-corrected chi connectivity index (χ1v) is 8.30. The van der Waals surface area contributed by atoms with Gasteiger partial charge in [0.1, 0.15) is 6.04 Å². The average Bonchev–Trinajstić information content (AvgIpc) is 2.47. The van der Waals surface area contributed by atoms with Crippen LogP contribution in [-0.2, 0) is 4.79 Å². The fourth-order valence-electron chi connectivity index (χ4n) is 3.14. The molecular weight excluding hydrogens is 274 g/mol. The van der Waals surface area contributed by atoms with Crippen LogP contribution in [-0.4, -0.2) is 36.5 Å². The van der Waals surface area contributed by atoms with Crippen LogP contribution in [0.1, 0.15) is 43.9 Å². The summed E-state index contributed by atoms with van der Waals surface area (Å²) in [7, 11) is 0. The van der Waals surface area contributed by atoms with Crippen molar-refractivity contribution in [3.8, 4) is 0 Å². The van der Waals surface area contributed by atoms with Gasteiger partial charge >= 0.3 is 0 Å². The third-order valence-electron chi connectivity index (χ3n) is 4.38. The lowest BCUT2D eigenvalue weighted by Crippen LogP contribution is -2.47. The first-order chi connectivity index (χ1) is 10.5. The summed E-state index contributed by atoms with van der Waals surface area (Å²) in [5, 5.41) is 3.05. The molecular formula is C18H29N3O. The van der Waals surface area contributed by atoms with Crippen LogP contribution in [0.25, 0.3) is 0 Å². The van der Waals surface area contributed by atoms with Gasteiger partial charge in [0.25, 0.3) is 0 Å². The van der Waals surface area contributed by atoms with Crippen molar-refractivity contribution >= 4 is 5.91 Å². The van der Waals surface area contributed by atoms with Crippen LogP contribution in [0.5, 0.6) is 0 Å². The SMILES string of the molecule is Cc1ccc(C(N)C(=O)NC(C)CN2CCCC(C)C2)cc1. The van der Waals surface area contributed by atoms with Crippen LogP contribution in [0, 0.1) is 12.8 Å². The zero-order chi connectivity index (χ0) is 16.1. The Morgan fingerprint density at radius 3 is 2.73 bits per heavy atom. The van der Waals surface area contributed by atoms with Crippen molar-refractivity contribution in [1.82, 2.24) is 10.2 Å². The highest BCUT2D eigenvalue weighted by Gasteiger charge is 2.21. The van der Waals surface area contributed by atoms with E-state index in [1.165, 1.54) is 18.4 Å². The number of aryl methyl sites for hydroxylation is 1. The summed E-state index contributed by atoms with van der Waals surface area (Å²) in [6.45, 7) is 9.54. The zero-order valence-corrected chi connectivity index (χ0v) is 14.0. The van der Waals surface area contributed by atoms with E-state index in [2.05, 4.69) is 24.1 Å². The van der Waals surface area contributed by atoms with Gasteiger partial charge in [0, 0.05) is 19.1 Å². The molecule has 1 aliphatic heterocycles. The van der Waals surface area contributed by atoms with Crippen molar-refractivity contribution in [3.05, 3.63) is 35.4 Å². The monoisotopic (exact) mass is 303 g/mol. The van der Waals surface area contributed by atoms with Crippen LogP contribution in [0.3, 0.4) is 0 Å². The van der Waals surface area contributed by atoms with Gasteiger partial charge in [-0.3, -0.25) is 4.79 Å². The summed E-state index contributed by atoms with van der Waals surface area (Å²) < 4.78 is 0. The molecule has 122 valence electrons. The third kappa shape index (κ3) is 4.82. The maximum atomic E-state index is 12.3. The number of nitrogens with one attached hydrogen (secondary N) is 1. The largest absolute Gasteiger partial charge is 0.351 e. The number of likely N-dealkylation sites (tertiary alicyclic amines) is 1. The molecule has 0 spiro atoms. The summed E-state index contributed by atoms with van der Waals surface area (Å²) in [5.74, 6) is 0.660. The van der Waals surface area contributed by atoms with Gasteiger partial charge in [-0.05, 0) is 44.7 Å². The van der Waals surface area contributed by atoms with E-state index in [0.717, 1.165) is 31.1 Å². The van der Waals surface area contributed by atoms with Gasteiger partial charge in [-0.2, -0.15) is 0 Å². The molecule has 1 aliphatic rings. The molecule has 0 radical (unpaired) electrons. The first-order valence-electron chi connectivity index (χ1n) is 8.30. The van der Waals surface area contributed by atoms with Crippen LogP contribution < -0.4 is 11.1 Å². The van der Waals surface area contributed by atoms with Crippen molar-refractivity contribution in [1.29, 1.82) is 0 Å². The number of carbonyl (C=O) groups excluding carboxylic acids is 1. The highest BCUT2D eigenvalue weighted by Crippen LogP contribution is 2.16. The number of hydrogen-bond acceptors (Lipinski definition) is 3. The third-order valence-corrected chi connectivity index (χ3v) is 4.38. The lowest BCUT2D eigenvalue weighted by atomic mass is 10.00. The van der Waals surface area contributed by atoms with Gasteiger partial charge in [-0.1, -0.05) is 36.8 Å². The fraction of sp³-hybridized carbons (Fsp3) is 0.611. The molecule has 1 saturated heterocycles. The number of benzene rings is 1. The van der Waals surface area contributed by atoms with E-state index in [9.17, 15) is 4.79 Å². The van der Waals surface area contributed by atoms with Crippen molar-refractivity contribution < 1.29 is 4.79 Å². The van der Waals surface area contributed by atoms with E-state index in [-0.39, 0.29) is 11.9 Å². The lowest BCUT2D eigenvalue weighted by Gasteiger charge is -2.33. The van der Waals surface area contributed by atoms with E-state index in [1.54, 1.807) is 0 Å². The van der Waals surface area contributed by atoms with Crippen molar-refractivity contribution in [2.45, 2.75) is 45.7 Å². The lowest BCUT2D eigenvalue weighted by molar-refractivity contribution is -0.123. The molecule has 1 aromatic carbocycles. The molecule has 3 atom stereocenters. The van der Waals surface area contributed by atoms with Crippen molar-refractivity contribution in [2.24, 2.45) is 11.7 Å². The standard InChI is InChI=1S/C18H29N3O/c1-13-6-8-16(9-7-13)17(19)18(22)20-15(3)12-21-10-4-5-14(2)11-21/h6-9,14-15,17H,4-5,10-12,19H2,1-3H3,(H,20,22). The Balaban J connectivity index is 1.83. The molecule has 2 rings (SSSR count). The number of hydrogen-bond donors (Lipinski definition) is 2. The molecule has 1 heterocycles. The second-order valence-electron chi connectivity index (χ2n) is 6.80. The normalized spacial score (nSPS) is 22.1. The van der Waals surface area contributed by atoms with E-state index >= 15 is 0 Å². The highest BCUT2D eigenvalue weighted by atomic mass is 16.2. The molecule has 0 aliphatic carbocycles. The number of carbonyl (C=O) groups is 1. The van der Waals surface area contributed by atoms with Gasteiger partial charge in [0.2, 0.25) is 5.91 Å². The molecule has 3 N–H and O–H groups in total. The van der Waals surface area contributed by atoms with E-state index in [1.807, 2.05) is 31.2 Å². The smallest absolute Gasteiger partial charge is 0.241 e. The van der Waals surface area contributed by atoms with Crippen LogP contribution in [0.4, 0.5) is 0 Å². The highest BCUT2D eigenvalue weighted by molar-refractivity contribution is 5.83. The van der Waals surface area contributed by atoms with E-state index < -0.39 is 6.04 Å². The zero-order valence-electron chi connectivity index (χ0n) is 14.0. The summed E-state index contributed by atoms with van der Waals surface area (Å²) >= 11 is 0. The van der Waals surface area contributed by atoms with Crippen LogP contribution in [0.2, 0.25) is 0 Å². The van der Waals surface area contributed by atoms with E-state index in [4.69, 9.17) is 5.73 Å². The first kappa shape index (κ1) is 17.0. The predicted molar refractivity (Wildman–Crippen MR) is 90.6 cm³/mol. The Kier molecular flexibility index (Phi) is 5.98. The number of nitrogens with two attached hydrogens (primary N) is 1. The Morgan fingerprint density at radius 2 is 2.09 bits per heavy atom. The molecule has 0 aromatic heterocycles. The van der Waals surface area contributed by atoms with Crippen molar-refractivity contribution in [2.75, 3.05) is 19.6 Å². The fourth-order valence-corrected chi connectivity index (χ4v) is 3.14. The van der Waals surface area contributed by atoms with Gasteiger partial charge in [-0.15, -0.1) is 0 Å². The molecule has 1 aromatic rings. The topological polar surface area (TPSA) is 58.4 Å². The van der Waals surface area contributed by atoms with Gasteiger partial charge in [0.15, 0.2) is 0 Å². The molecule has 0 saturated carbocycles. The Hall–Kier alpha value is -1.39. The Labute approximate surface area is 134 Å². The minimum atomic E-state index is -0.594. The van der Waals surface area contributed by atoms with Crippen LogP contribution >= 0.6 is 0 Å². The number of rotatable bonds is 5. The number of nitrogens with zero attached hydrogens (tertiary/aromatic N) is 1. The summed E-state index contributed by atoms with van der Waals surface area (Å²) in [4.78, 5) is 14.7. The number of piperidine rings is 1. The molecule has 0 bridgehead atoms. The van der Waals surface area contributed by atoms with Gasteiger partial charge < -0.3 is 16.0 Å². The van der Waals surface area contributed by atoms with Crippen molar-refractivity contribution in [3.63, 3.8) is 0 Å². The molecule has 22 heavy (non-hydrogen) atoms. The summed E-state index contributed by atoms with van der Waals surface area (Å²) in [6.07, 6.45) is 2.57. The summed E-state index contributed by atoms with van der Waals surface area (Å²) in [5.41, 5.74) is 8.10. The Morgan fingerprint density at radius 1 is 1.41 bits per heavy atom. The molecule has 1 amide bonds. The minimum absolute atomic E-state index is 0.0959. The Bertz CT molecular complexity index is 486. The minimum Gasteiger partial charge on any atom is -0.351 e. The van der Waals surface area contributed by atoms with Crippen LogP contribution in [0.15, 0.2) is 24.3 Å².